The second-order valence-electron chi connectivity index (χ2n) is 3.91. The van der Waals surface area contributed by atoms with E-state index in [4.69, 9.17) is 9.84 Å². The van der Waals surface area contributed by atoms with Gasteiger partial charge in [-0.1, -0.05) is 6.08 Å². The molecule has 0 aromatic heterocycles. The van der Waals surface area contributed by atoms with E-state index in [2.05, 4.69) is 6.58 Å². The van der Waals surface area contributed by atoms with Crippen LogP contribution in [-0.2, 0) is 0 Å². The van der Waals surface area contributed by atoms with E-state index in [1.54, 1.807) is 0 Å². The summed E-state index contributed by atoms with van der Waals surface area (Å²) in [6, 6.07) is 3.80. The van der Waals surface area contributed by atoms with Gasteiger partial charge in [0.25, 0.3) is 11.6 Å². The maximum Gasteiger partial charge on any atom is 0.270 e. The van der Waals surface area contributed by atoms with Gasteiger partial charge in [-0.25, -0.2) is 0 Å². The number of benzene rings is 1. The highest BCUT2D eigenvalue weighted by atomic mass is 16.6. The summed E-state index contributed by atoms with van der Waals surface area (Å²) < 4.78 is 5.05. The fourth-order valence-corrected chi connectivity index (χ4v) is 1.70. The van der Waals surface area contributed by atoms with Crippen LogP contribution in [0.25, 0.3) is 0 Å². The van der Waals surface area contributed by atoms with Crippen LogP contribution in [0.1, 0.15) is 10.4 Å². The fourth-order valence-electron chi connectivity index (χ4n) is 1.70. The highest BCUT2D eigenvalue weighted by molar-refractivity contribution is 5.97. The average Bonchev–Trinajstić information content (AvgIpc) is 2.45. The molecule has 0 saturated carbocycles. The van der Waals surface area contributed by atoms with Crippen LogP contribution in [0.4, 0.5) is 5.69 Å². The summed E-state index contributed by atoms with van der Waals surface area (Å²) >= 11 is 0. The molecule has 0 radical (unpaired) electrons. The van der Waals surface area contributed by atoms with E-state index in [0.29, 0.717) is 0 Å². The van der Waals surface area contributed by atoms with Crippen molar-refractivity contribution in [3.05, 3.63) is 46.5 Å². The number of hydrogen-bond acceptors (Lipinski definition) is 5. The van der Waals surface area contributed by atoms with Gasteiger partial charge in [0, 0.05) is 25.2 Å². The number of aliphatic hydroxyl groups is 1. The van der Waals surface area contributed by atoms with Gasteiger partial charge < -0.3 is 14.7 Å². The summed E-state index contributed by atoms with van der Waals surface area (Å²) in [6.45, 7) is 3.66. The van der Waals surface area contributed by atoms with Crippen molar-refractivity contribution in [1.82, 2.24) is 4.90 Å². The minimum Gasteiger partial charge on any atom is -0.496 e. The number of nitro benzene ring substituents is 1. The molecule has 0 aliphatic rings. The minimum absolute atomic E-state index is 0.0806. The number of non-ortho nitro benzene ring substituents is 1. The van der Waals surface area contributed by atoms with Gasteiger partial charge in [0.2, 0.25) is 0 Å². The zero-order valence-corrected chi connectivity index (χ0v) is 11.1. The van der Waals surface area contributed by atoms with Gasteiger partial charge in [0.05, 0.1) is 24.2 Å². The molecule has 20 heavy (non-hydrogen) atoms. The Morgan fingerprint density at radius 3 is 2.80 bits per heavy atom. The van der Waals surface area contributed by atoms with Crippen LogP contribution in [0.5, 0.6) is 5.75 Å². The Kier molecular flexibility index (Phi) is 5.67. The van der Waals surface area contributed by atoms with Crippen molar-refractivity contribution in [3.8, 4) is 5.75 Å². The third kappa shape index (κ3) is 3.55. The molecule has 0 fully saturated rings. The van der Waals surface area contributed by atoms with Gasteiger partial charge >= 0.3 is 0 Å². The first-order chi connectivity index (χ1) is 9.54. The average molecular weight is 280 g/mol. The first-order valence-corrected chi connectivity index (χ1v) is 5.88. The highest BCUT2D eigenvalue weighted by Gasteiger charge is 2.21. The van der Waals surface area contributed by atoms with E-state index in [1.807, 2.05) is 0 Å². The summed E-state index contributed by atoms with van der Waals surface area (Å²) in [4.78, 5) is 23.9. The molecule has 1 aromatic rings. The number of hydrogen-bond donors (Lipinski definition) is 1. The molecule has 0 atom stereocenters. The van der Waals surface area contributed by atoms with E-state index in [0.717, 1.165) is 6.07 Å². The van der Waals surface area contributed by atoms with Crippen molar-refractivity contribution in [2.75, 3.05) is 26.8 Å². The van der Waals surface area contributed by atoms with Crippen LogP contribution >= 0.6 is 0 Å². The predicted octanol–water partition coefficient (Wildman–Crippen LogP) is 1.22. The lowest BCUT2D eigenvalue weighted by atomic mass is 10.1. The molecule has 1 N–H and O–H groups in total. The normalized spacial score (nSPS) is 9.90. The standard InChI is InChI=1S/C13H16N2O5/c1-3-6-14(7-8-16)13(17)11-9-10(15(18)19)4-5-12(11)20-2/h3-5,9,16H,1,6-8H2,2H3. The maximum atomic E-state index is 12.3. The number of ether oxygens (including phenoxy) is 1. The van der Waals surface area contributed by atoms with E-state index in [-0.39, 0.29) is 36.7 Å². The van der Waals surface area contributed by atoms with Crippen molar-refractivity contribution in [3.63, 3.8) is 0 Å². The molecule has 1 aromatic carbocycles. The SMILES string of the molecule is C=CCN(CCO)C(=O)c1cc([N+](=O)[O-])ccc1OC. The van der Waals surface area contributed by atoms with Gasteiger partial charge in [-0.05, 0) is 6.07 Å². The number of rotatable bonds is 7. The Bertz CT molecular complexity index is 515. The number of aliphatic hydroxyl groups excluding tert-OH is 1. The lowest BCUT2D eigenvalue weighted by Crippen LogP contribution is -2.34. The van der Waals surface area contributed by atoms with Gasteiger partial charge in [-0.3, -0.25) is 14.9 Å². The van der Waals surface area contributed by atoms with Crippen molar-refractivity contribution < 1.29 is 19.6 Å². The van der Waals surface area contributed by atoms with Crippen molar-refractivity contribution in [1.29, 1.82) is 0 Å². The molecule has 0 spiro atoms. The molecule has 0 unspecified atom stereocenters. The molecule has 7 heteroatoms. The Labute approximate surface area is 116 Å². The maximum absolute atomic E-state index is 12.3. The molecule has 1 rings (SSSR count). The van der Waals surface area contributed by atoms with E-state index in [1.165, 1.54) is 30.2 Å². The number of carbonyl (C=O) groups excluding carboxylic acids is 1. The summed E-state index contributed by atoms with van der Waals surface area (Å²) in [7, 11) is 1.38. The molecule has 0 bridgehead atoms. The zero-order valence-electron chi connectivity index (χ0n) is 11.1. The molecular weight excluding hydrogens is 264 g/mol. The lowest BCUT2D eigenvalue weighted by molar-refractivity contribution is -0.384. The number of amides is 1. The van der Waals surface area contributed by atoms with E-state index in [9.17, 15) is 14.9 Å². The van der Waals surface area contributed by atoms with Crippen LogP contribution in [-0.4, -0.2) is 47.6 Å². The quantitative estimate of drug-likeness (QED) is 0.460. The number of nitro groups is 1. The molecule has 108 valence electrons. The number of nitrogens with zero attached hydrogens (tertiary/aromatic N) is 2. The topological polar surface area (TPSA) is 92.9 Å². The smallest absolute Gasteiger partial charge is 0.270 e. The van der Waals surface area contributed by atoms with Crippen LogP contribution in [0.15, 0.2) is 30.9 Å². The highest BCUT2D eigenvalue weighted by Crippen LogP contribution is 2.25. The van der Waals surface area contributed by atoms with Crippen LogP contribution in [0, 0.1) is 10.1 Å². The molecule has 7 nitrogen and oxygen atoms in total. The van der Waals surface area contributed by atoms with Crippen LogP contribution in [0.2, 0.25) is 0 Å². The molecule has 1 amide bonds. The molecule has 0 aliphatic heterocycles. The number of carbonyl (C=O) groups is 1. The number of methoxy groups -OCH3 is 1. The second kappa shape index (κ2) is 7.25. The first kappa shape index (κ1) is 15.6. The molecule has 0 heterocycles. The Balaban J connectivity index is 3.19. The Morgan fingerprint density at radius 2 is 2.30 bits per heavy atom. The largest absolute Gasteiger partial charge is 0.496 e. The first-order valence-electron chi connectivity index (χ1n) is 5.88. The molecule has 0 saturated heterocycles. The van der Waals surface area contributed by atoms with Crippen LogP contribution < -0.4 is 4.74 Å². The minimum atomic E-state index is -0.583. The van der Waals surface area contributed by atoms with Crippen molar-refractivity contribution in [2.24, 2.45) is 0 Å². The zero-order chi connectivity index (χ0) is 15.1. The van der Waals surface area contributed by atoms with Gasteiger partial charge in [-0.2, -0.15) is 0 Å². The fraction of sp³-hybridized carbons (Fsp3) is 0.308. The molecule has 0 aliphatic carbocycles. The van der Waals surface area contributed by atoms with Gasteiger partial charge in [-0.15, -0.1) is 6.58 Å². The third-order valence-corrected chi connectivity index (χ3v) is 2.63. The van der Waals surface area contributed by atoms with Crippen molar-refractivity contribution >= 4 is 11.6 Å². The van der Waals surface area contributed by atoms with Crippen LogP contribution in [0.3, 0.4) is 0 Å². The van der Waals surface area contributed by atoms with Gasteiger partial charge in [0.1, 0.15) is 5.75 Å². The lowest BCUT2D eigenvalue weighted by Gasteiger charge is -2.21. The molecular formula is C13H16N2O5. The van der Waals surface area contributed by atoms with Crippen molar-refractivity contribution in [2.45, 2.75) is 0 Å². The Morgan fingerprint density at radius 1 is 1.60 bits per heavy atom. The summed E-state index contributed by atoms with van der Waals surface area (Å²) in [5, 5.41) is 19.7. The Hall–Kier alpha value is -2.41. The van der Waals surface area contributed by atoms with Gasteiger partial charge in [0.15, 0.2) is 0 Å². The summed E-state index contributed by atoms with van der Waals surface area (Å²) in [6.07, 6.45) is 1.51. The third-order valence-electron chi connectivity index (χ3n) is 2.63. The summed E-state index contributed by atoms with van der Waals surface area (Å²) in [5.41, 5.74) is -0.117. The monoisotopic (exact) mass is 280 g/mol. The van der Waals surface area contributed by atoms with E-state index < -0.39 is 10.8 Å². The predicted molar refractivity (Wildman–Crippen MR) is 72.8 cm³/mol. The second-order valence-corrected chi connectivity index (χ2v) is 3.91. The summed E-state index contributed by atoms with van der Waals surface area (Å²) in [5.74, 6) is -0.216. The van der Waals surface area contributed by atoms with E-state index >= 15 is 0 Å².